The molecular weight excluding hydrogens is 482 g/mol. The van der Waals surface area contributed by atoms with E-state index in [-0.39, 0.29) is 24.0 Å². The van der Waals surface area contributed by atoms with Gasteiger partial charge in [0.05, 0.1) is 36.6 Å². The van der Waals surface area contributed by atoms with Crippen molar-refractivity contribution < 1.29 is 19.1 Å². The lowest BCUT2D eigenvalue weighted by Crippen LogP contribution is -2.31. The van der Waals surface area contributed by atoms with Crippen molar-refractivity contribution in [1.29, 1.82) is 5.26 Å². The molecule has 31 heavy (non-hydrogen) atoms. The van der Waals surface area contributed by atoms with Gasteiger partial charge in [-0.25, -0.2) is 0 Å². The zero-order valence-corrected chi connectivity index (χ0v) is 19.3. The second-order valence-electron chi connectivity index (χ2n) is 6.62. The molecule has 0 unspecified atom stereocenters. The Morgan fingerprint density at radius 3 is 2.58 bits per heavy atom. The summed E-state index contributed by atoms with van der Waals surface area (Å²) in [5.74, 6) is 0.250. The highest BCUT2D eigenvalue weighted by molar-refractivity contribution is 9.10. The second-order valence-corrected chi connectivity index (χ2v) is 8.52. The van der Waals surface area contributed by atoms with Gasteiger partial charge in [-0.05, 0) is 42.0 Å². The van der Waals surface area contributed by atoms with Crippen molar-refractivity contribution in [1.82, 2.24) is 5.32 Å². The standard InChI is InChI=1S/C22H20BrN3O4S/c1-29-18-8-3-13(9-19(18)30-2)16-10-20(27)26-22(17(16)11-24)31-12-21(28)25-15-6-4-14(23)5-7-15/h3-9,16H,10,12H2,1-2H3,(H,25,28)(H,26,27)/t16-/m0/s1. The summed E-state index contributed by atoms with van der Waals surface area (Å²) in [5, 5.41) is 15.7. The first-order valence-corrected chi connectivity index (χ1v) is 11.1. The minimum atomic E-state index is -0.435. The number of carbonyl (C=O) groups excluding carboxylic acids is 2. The maximum absolute atomic E-state index is 12.3. The number of hydrogen-bond donors (Lipinski definition) is 2. The molecule has 0 fully saturated rings. The van der Waals surface area contributed by atoms with Crippen LogP contribution in [0.15, 0.2) is 57.5 Å². The number of thioether (sulfide) groups is 1. The number of halogens is 1. The van der Waals surface area contributed by atoms with Gasteiger partial charge in [0.1, 0.15) is 0 Å². The summed E-state index contributed by atoms with van der Waals surface area (Å²) in [6, 6.07) is 14.7. The topological polar surface area (TPSA) is 100 Å². The third-order valence-electron chi connectivity index (χ3n) is 4.64. The SMILES string of the molecule is COc1ccc([C@@H]2CC(=O)NC(SCC(=O)Nc3ccc(Br)cc3)=C2C#N)cc1OC. The summed E-state index contributed by atoms with van der Waals surface area (Å²) < 4.78 is 11.5. The lowest BCUT2D eigenvalue weighted by molar-refractivity contribution is -0.121. The van der Waals surface area contributed by atoms with Crippen LogP contribution in [0.5, 0.6) is 11.5 Å². The summed E-state index contributed by atoms with van der Waals surface area (Å²) in [6.45, 7) is 0. The van der Waals surface area contributed by atoms with E-state index in [1.54, 1.807) is 31.4 Å². The normalized spacial score (nSPS) is 15.7. The fraction of sp³-hybridized carbons (Fsp3) is 0.227. The maximum Gasteiger partial charge on any atom is 0.234 e. The van der Waals surface area contributed by atoms with Gasteiger partial charge in [0.25, 0.3) is 0 Å². The molecule has 0 aliphatic carbocycles. The van der Waals surface area contributed by atoms with Crippen LogP contribution in [0.3, 0.4) is 0 Å². The number of benzene rings is 2. The molecule has 9 heteroatoms. The van der Waals surface area contributed by atoms with E-state index in [0.717, 1.165) is 21.8 Å². The van der Waals surface area contributed by atoms with Gasteiger partial charge in [0.15, 0.2) is 11.5 Å². The van der Waals surface area contributed by atoms with Gasteiger partial charge in [-0.15, -0.1) is 0 Å². The molecular formula is C22H20BrN3O4S. The number of methoxy groups -OCH3 is 2. The number of ether oxygens (including phenoxy) is 2. The zero-order valence-electron chi connectivity index (χ0n) is 16.9. The number of anilines is 1. The molecule has 1 aliphatic rings. The third-order valence-corrected chi connectivity index (χ3v) is 6.19. The van der Waals surface area contributed by atoms with Crippen molar-refractivity contribution in [3.63, 3.8) is 0 Å². The Morgan fingerprint density at radius 1 is 1.23 bits per heavy atom. The Kier molecular flexibility index (Phi) is 7.60. The smallest absolute Gasteiger partial charge is 0.234 e. The first kappa shape index (κ1) is 22.7. The first-order valence-electron chi connectivity index (χ1n) is 9.29. The van der Waals surface area contributed by atoms with Crippen LogP contribution in [0.1, 0.15) is 17.9 Å². The molecule has 0 saturated heterocycles. The van der Waals surface area contributed by atoms with Crippen LogP contribution in [-0.4, -0.2) is 31.8 Å². The van der Waals surface area contributed by atoms with Crippen LogP contribution >= 0.6 is 27.7 Å². The largest absolute Gasteiger partial charge is 0.493 e. The van der Waals surface area contributed by atoms with E-state index in [4.69, 9.17) is 9.47 Å². The summed E-state index contributed by atoms with van der Waals surface area (Å²) in [5.41, 5.74) is 1.84. The second kappa shape index (κ2) is 10.4. The molecule has 0 saturated carbocycles. The Hall–Kier alpha value is -2.96. The lowest BCUT2D eigenvalue weighted by atomic mass is 9.87. The van der Waals surface area contributed by atoms with Crippen LogP contribution < -0.4 is 20.1 Å². The highest BCUT2D eigenvalue weighted by Gasteiger charge is 2.30. The molecule has 2 aromatic rings. The van der Waals surface area contributed by atoms with E-state index in [2.05, 4.69) is 32.6 Å². The summed E-state index contributed by atoms with van der Waals surface area (Å²) >= 11 is 4.48. The highest BCUT2D eigenvalue weighted by Crippen LogP contribution is 2.39. The number of nitrogens with one attached hydrogen (secondary N) is 2. The number of nitriles is 1. The average Bonchev–Trinajstić information content (AvgIpc) is 2.78. The fourth-order valence-corrected chi connectivity index (χ4v) is 4.30. The molecule has 2 amide bonds. The molecule has 1 atom stereocenters. The van der Waals surface area contributed by atoms with E-state index in [0.29, 0.717) is 27.8 Å². The Morgan fingerprint density at radius 2 is 1.94 bits per heavy atom. The van der Waals surface area contributed by atoms with Crippen molar-refractivity contribution in [2.24, 2.45) is 0 Å². The molecule has 0 aromatic heterocycles. The minimum absolute atomic E-state index is 0.0511. The Bertz CT molecular complexity index is 1060. The predicted octanol–water partition coefficient (Wildman–Crippen LogP) is 4.18. The van der Waals surface area contributed by atoms with Crippen molar-refractivity contribution in [3.8, 4) is 17.6 Å². The number of hydrogen-bond acceptors (Lipinski definition) is 6. The lowest BCUT2D eigenvalue weighted by Gasteiger charge is -2.25. The molecule has 160 valence electrons. The number of rotatable bonds is 7. The third kappa shape index (κ3) is 5.60. The van der Waals surface area contributed by atoms with Crippen molar-refractivity contribution >= 4 is 45.2 Å². The van der Waals surface area contributed by atoms with E-state index in [1.807, 2.05) is 18.2 Å². The maximum atomic E-state index is 12.3. The first-order chi connectivity index (χ1) is 14.9. The number of amides is 2. The van der Waals surface area contributed by atoms with Crippen molar-refractivity contribution in [2.45, 2.75) is 12.3 Å². The molecule has 0 radical (unpaired) electrons. The average molecular weight is 502 g/mol. The van der Waals surface area contributed by atoms with E-state index >= 15 is 0 Å². The molecule has 0 spiro atoms. The van der Waals surface area contributed by atoms with Crippen LogP contribution in [-0.2, 0) is 9.59 Å². The summed E-state index contributed by atoms with van der Waals surface area (Å²) in [6.07, 6.45) is 0.132. The molecule has 7 nitrogen and oxygen atoms in total. The number of carbonyl (C=O) groups is 2. The van der Waals surface area contributed by atoms with Gasteiger partial charge >= 0.3 is 0 Å². The number of nitrogens with zero attached hydrogens (tertiary/aromatic N) is 1. The van der Waals surface area contributed by atoms with Gasteiger partial charge in [0.2, 0.25) is 11.8 Å². The van der Waals surface area contributed by atoms with Crippen molar-refractivity contribution in [2.75, 3.05) is 25.3 Å². The summed E-state index contributed by atoms with van der Waals surface area (Å²) in [7, 11) is 3.07. The van der Waals surface area contributed by atoms with Gasteiger partial charge in [-0.1, -0.05) is 33.8 Å². The van der Waals surface area contributed by atoms with Gasteiger partial charge < -0.3 is 20.1 Å². The van der Waals surface area contributed by atoms with Crippen LogP contribution in [0, 0.1) is 11.3 Å². The molecule has 3 rings (SSSR count). The molecule has 2 N–H and O–H groups in total. The number of allylic oxidation sites excluding steroid dienone is 1. The van der Waals surface area contributed by atoms with E-state index in [1.165, 1.54) is 7.11 Å². The molecule has 1 aliphatic heterocycles. The Balaban J connectivity index is 1.79. The monoisotopic (exact) mass is 501 g/mol. The fourth-order valence-electron chi connectivity index (χ4n) is 3.16. The van der Waals surface area contributed by atoms with Gasteiger partial charge in [-0.2, -0.15) is 5.26 Å². The quantitative estimate of drug-likeness (QED) is 0.590. The van der Waals surface area contributed by atoms with Crippen molar-refractivity contribution in [3.05, 3.63) is 63.1 Å². The minimum Gasteiger partial charge on any atom is -0.493 e. The highest BCUT2D eigenvalue weighted by atomic mass is 79.9. The van der Waals surface area contributed by atoms with Crippen LogP contribution in [0.2, 0.25) is 0 Å². The van der Waals surface area contributed by atoms with Crippen LogP contribution in [0.25, 0.3) is 0 Å². The zero-order chi connectivity index (χ0) is 22.4. The van der Waals surface area contributed by atoms with Gasteiger partial charge in [-0.3, -0.25) is 9.59 Å². The van der Waals surface area contributed by atoms with Crippen LogP contribution in [0.4, 0.5) is 5.69 Å². The van der Waals surface area contributed by atoms with Gasteiger partial charge in [0, 0.05) is 22.5 Å². The summed E-state index contributed by atoms with van der Waals surface area (Å²) in [4.78, 5) is 24.7. The molecule has 2 aromatic carbocycles. The predicted molar refractivity (Wildman–Crippen MR) is 123 cm³/mol. The Labute approximate surface area is 192 Å². The molecule has 0 bridgehead atoms. The van der Waals surface area contributed by atoms with E-state index < -0.39 is 5.92 Å². The van der Waals surface area contributed by atoms with E-state index in [9.17, 15) is 14.9 Å². The molecule has 1 heterocycles.